The molecule has 0 aliphatic heterocycles. The van der Waals surface area contributed by atoms with E-state index in [9.17, 15) is 22.0 Å². The van der Waals surface area contributed by atoms with Crippen molar-refractivity contribution in [2.24, 2.45) is 0 Å². The van der Waals surface area contributed by atoms with Gasteiger partial charge in [-0.2, -0.15) is 8.78 Å². The third-order valence-corrected chi connectivity index (χ3v) is 7.66. The molecule has 0 bridgehead atoms. The van der Waals surface area contributed by atoms with Gasteiger partial charge in [0.05, 0.1) is 10.3 Å². The summed E-state index contributed by atoms with van der Waals surface area (Å²) in [6.45, 7) is 7.74. The highest BCUT2D eigenvalue weighted by molar-refractivity contribution is 7.99. The van der Waals surface area contributed by atoms with Crippen LogP contribution in [0.1, 0.15) is 10.4 Å². The molecule has 3 aromatic rings. The first-order valence-electron chi connectivity index (χ1n) is 8.08. The Morgan fingerprint density at radius 2 is 1.93 bits per heavy atom. The Morgan fingerprint density at radius 3 is 2.50 bits per heavy atom. The summed E-state index contributed by atoms with van der Waals surface area (Å²) < 4.78 is 49.9. The highest BCUT2D eigenvalue weighted by atomic mass is 32.2. The highest BCUT2D eigenvalue weighted by Gasteiger charge is 2.26. The van der Waals surface area contributed by atoms with Crippen LogP contribution >= 0.6 is 23.1 Å². The number of aromatic nitrogens is 2. The second-order valence-electron chi connectivity index (χ2n) is 5.94. The second-order valence-corrected chi connectivity index (χ2v) is 10.1. The average Bonchev–Trinajstić information content (AvgIpc) is 2.92. The minimum absolute atomic E-state index is 0.175. The molecule has 0 unspecified atom stereocenters. The number of halogens is 2. The molecule has 1 aromatic carbocycles. The van der Waals surface area contributed by atoms with E-state index in [2.05, 4.69) is 11.6 Å². The molecule has 0 amide bonds. The average molecular weight is 443 g/mol. The molecule has 0 saturated carbocycles. The fourth-order valence-electron chi connectivity index (χ4n) is 2.58. The lowest BCUT2D eigenvalue weighted by Gasteiger charge is -2.10. The molecule has 0 spiro atoms. The zero-order chi connectivity index (χ0) is 20.6. The first-order chi connectivity index (χ1) is 13.2. The van der Waals surface area contributed by atoms with Crippen molar-refractivity contribution < 1.29 is 17.2 Å². The minimum atomic E-state index is -4.65. The van der Waals surface area contributed by atoms with Crippen LogP contribution in [0.25, 0.3) is 10.2 Å². The standard InChI is InChI=1S/C18H16F2N2O3S3/c1-4-9-22-16(23)14-10(2)11(3)26-15(14)21-18(22)27-12-5-7-13(8-6-12)28(24,25)17(19)20/h4-8,17H,1,9H2,2-3H3. The van der Waals surface area contributed by atoms with E-state index in [4.69, 9.17) is 0 Å². The zero-order valence-electron chi connectivity index (χ0n) is 15.0. The van der Waals surface area contributed by atoms with Crippen LogP contribution in [-0.4, -0.2) is 23.7 Å². The van der Waals surface area contributed by atoms with Gasteiger partial charge in [0.25, 0.3) is 5.56 Å². The van der Waals surface area contributed by atoms with Crippen LogP contribution in [0.5, 0.6) is 0 Å². The molecule has 0 saturated heterocycles. The van der Waals surface area contributed by atoms with Gasteiger partial charge in [-0.25, -0.2) is 13.4 Å². The highest BCUT2D eigenvalue weighted by Crippen LogP contribution is 2.32. The predicted molar refractivity (Wildman–Crippen MR) is 107 cm³/mol. The Labute approximate surface area is 168 Å². The van der Waals surface area contributed by atoms with Crippen LogP contribution in [-0.2, 0) is 16.4 Å². The van der Waals surface area contributed by atoms with Crippen LogP contribution in [0.4, 0.5) is 8.78 Å². The van der Waals surface area contributed by atoms with Crippen molar-refractivity contribution in [3.8, 4) is 0 Å². The first kappa shape index (κ1) is 20.7. The summed E-state index contributed by atoms with van der Waals surface area (Å²) in [5.74, 6) is -3.47. The predicted octanol–water partition coefficient (Wildman–Crippen LogP) is 4.41. The molecule has 28 heavy (non-hydrogen) atoms. The number of nitrogens with zero attached hydrogens (tertiary/aromatic N) is 2. The van der Waals surface area contributed by atoms with Crippen molar-refractivity contribution in [1.29, 1.82) is 0 Å². The molecule has 0 fully saturated rings. The SMILES string of the molecule is C=CCn1c(Sc2ccc(S(=O)(=O)C(F)F)cc2)nc2sc(C)c(C)c2c1=O. The molecule has 0 N–H and O–H groups in total. The molecule has 148 valence electrons. The van der Waals surface area contributed by atoms with Gasteiger partial charge in [0, 0.05) is 16.3 Å². The lowest BCUT2D eigenvalue weighted by atomic mass is 10.2. The van der Waals surface area contributed by atoms with E-state index in [0.29, 0.717) is 20.3 Å². The zero-order valence-corrected chi connectivity index (χ0v) is 17.4. The molecular formula is C18H16F2N2O3S3. The lowest BCUT2D eigenvalue weighted by molar-refractivity contribution is 0.234. The van der Waals surface area contributed by atoms with Crippen molar-refractivity contribution >= 4 is 43.2 Å². The Bertz CT molecular complexity index is 1210. The van der Waals surface area contributed by atoms with Crippen LogP contribution in [0.2, 0.25) is 0 Å². The van der Waals surface area contributed by atoms with Crippen molar-refractivity contribution in [2.45, 2.75) is 41.1 Å². The quantitative estimate of drug-likeness (QED) is 0.418. The number of hydrogen-bond acceptors (Lipinski definition) is 6. The summed E-state index contributed by atoms with van der Waals surface area (Å²) in [5, 5.41) is 0.996. The Kier molecular flexibility index (Phi) is 5.74. The van der Waals surface area contributed by atoms with Gasteiger partial charge in [-0.3, -0.25) is 9.36 Å². The van der Waals surface area contributed by atoms with Crippen molar-refractivity contribution in [2.75, 3.05) is 0 Å². The summed E-state index contributed by atoms with van der Waals surface area (Å²) in [6.07, 6.45) is 1.59. The molecular weight excluding hydrogens is 426 g/mol. The number of fused-ring (bicyclic) bond motifs is 1. The van der Waals surface area contributed by atoms with Crippen LogP contribution in [0.3, 0.4) is 0 Å². The van der Waals surface area contributed by atoms with Gasteiger partial charge in [0.1, 0.15) is 4.83 Å². The summed E-state index contributed by atoms with van der Waals surface area (Å²) in [4.78, 5) is 19.3. The van der Waals surface area contributed by atoms with Gasteiger partial charge in [-0.15, -0.1) is 17.9 Å². The number of rotatable bonds is 6. The summed E-state index contributed by atoms with van der Waals surface area (Å²) >= 11 is 2.58. The maximum atomic E-state index is 12.9. The molecule has 0 radical (unpaired) electrons. The maximum absolute atomic E-state index is 12.9. The van der Waals surface area contributed by atoms with Gasteiger partial charge in [-0.05, 0) is 43.7 Å². The Hall–Kier alpha value is -2.04. The topological polar surface area (TPSA) is 69.0 Å². The summed E-state index contributed by atoms with van der Waals surface area (Å²) in [6, 6.07) is 5.08. The van der Waals surface area contributed by atoms with Gasteiger partial charge in [-0.1, -0.05) is 17.8 Å². The monoisotopic (exact) mass is 442 g/mol. The fraction of sp³-hybridized carbons (Fsp3) is 0.222. The van der Waals surface area contributed by atoms with E-state index in [1.165, 1.54) is 28.0 Å². The lowest BCUT2D eigenvalue weighted by Crippen LogP contribution is -2.22. The van der Waals surface area contributed by atoms with Crippen molar-refractivity contribution in [1.82, 2.24) is 9.55 Å². The number of hydrogen-bond donors (Lipinski definition) is 0. The van der Waals surface area contributed by atoms with Crippen LogP contribution in [0, 0.1) is 13.8 Å². The molecule has 10 heteroatoms. The normalized spacial score (nSPS) is 12.0. The van der Waals surface area contributed by atoms with E-state index in [-0.39, 0.29) is 12.1 Å². The molecule has 0 atom stereocenters. The number of sulfone groups is 1. The smallest absolute Gasteiger partial charge is 0.283 e. The third-order valence-electron chi connectivity index (χ3n) is 4.16. The van der Waals surface area contributed by atoms with Crippen LogP contribution in [0.15, 0.2) is 56.7 Å². The summed E-state index contributed by atoms with van der Waals surface area (Å²) in [5.41, 5.74) is 0.722. The number of aryl methyl sites for hydroxylation is 2. The van der Waals surface area contributed by atoms with E-state index in [0.717, 1.165) is 34.3 Å². The maximum Gasteiger partial charge on any atom is 0.341 e. The Balaban J connectivity index is 2.06. The molecule has 0 aliphatic rings. The van der Waals surface area contributed by atoms with E-state index >= 15 is 0 Å². The largest absolute Gasteiger partial charge is 0.341 e. The van der Waals surface area contributed by atoms with Crippen LogP contribution < -0.4 is 5.56 Å². The third kappa shape index (κ3) is 3.63. The molecule has 2 aromatic heterocycles. The molecule has 2 heterocycles. The number of alkyl halides is 2. The Morgan fingerprint density at radius 1 is 1.29 bits per heavy atom. The molecule has 3 rings (SSSR count). The number of allylic oxidation sites excluding steroid dienone is 1. The van der Waals surface area contributed by atoms with Gasteiger partial charge >= 0.3 is 5.76 Å². The van der Waals surface area contributed by atoms with Gasteiger partial charge < -0.3 is 0 Å². The summed E-state index contributed by atoms with van der Waals surface area (Å²) in [7, 11) is -4.65. The van der Waals surface area contributed by atoms with Gasteiger partial charge in [0.15, 0.2) is 5.16 Å². The van der Waals surface area contributed by atoms with E-state index in [1.807, 2.05) is 13.8 Å². The first-order valence-corrected chi connectivity index (χ1v) is 11.3. The van der Waals surface area contributed by atoms with Crippen molar-refractivity contribution in [3.63, 3.8) is 0 Å². The molecule has 5 nitrogen and oxygen atoms in total. The molecule has 0 aliphatic carbocycles. The number of thiophene rings is 1. The second kappa shape index (κ2) is 7.76. The number of benzene rings is 1. The fourth-order valence-corrected chi connectivity index (χ4v) is 5.27. The van der Waals surface area contributed by atoms with E-state index < -0.39 is 20.5 Å². The minimum Gasteiger partial charge on any atom is -0.283 e. The van der Waals surface area contributed by atoms with E-state index in [1.54, 1.807) is 6.08 Å². The van der Waals surface area contributed by atoms with Gasteiger partial charge in [0.2, 0.25) is 9.84 Å². The van der Waals surface area contributed by atoms with Crippen molar-refractivity contribution in [3.05, 3.63) is 57.7 Å².